The van der Waals surface area contributed by atoms with Crippen molar-refractivity contribution in [2.24, 2.45) is 5.73 Å². The van der Waals surface area contributed by atoms with E-state index in [1.165, 1.54) is 5.56 Å². The lowest BCUT2D eigenvalue weighted by Gasteiger charge is -2.24. The minimum absolute atomic E-state index is 0.424. The highest BCUT2D eigenvalue weighted by molar-refractivity contribution is 6.00. The second kappa shape index (κ2) is 5.25. The lowest BCUT2D eigenvalue weighted by molar-refractivity contribution is 0.100. The first-order valence-electron chi connectivity index (χ1n) is 6.40. The number of amides is 1. The molecule has 2 rings (SSSR count). The predicted octanol–water partition coefficient (Wildman–Crippen LogP) is 2.75. The molecule has 0 aliphatic carbocycles. The van der Waals surface area contributed by atoms with Gasteiger partial charge in [0.15, 0.2) is 0 Å². The molecular formula is C16H19N3O. The van der Waals surface area contributed by atoms with Gasteiger partial charge in [-0.3, -0.25) is 4.79 Å². The van der Waals surface area contributed by atoms with Crippen molar-refractivity contribution >= 4 is 23.0 Å². The molecule has 0 saturated heterocycles. The van der Waals surface area contributed by atoms with Crippen molar-refractivity contribution in [2.75, 3.05) is 17.7 Å². The molecule has 104 valence electrons. The lowest BCUT2D eigenvalue weighted by Crippen LogP contribution is -2.19. The third kappa shape index (κ3) is 2.59. The molecule has 1 amide bonds. The average Bonchev–Trinajstić information content (AvgIpc) is 2.37. The van der Waals surface area contributed by atoms with Gasteiger partial charge in [-0.25, -0.2) is 0 Å². The van der Waals surface area contributed by atoms with Gasteiger partial charge < -0.3 is 16.4 Å². The Morgan fingerprint density at radius 2 is 1.70 bits per heavy atom. The van der Waals surface area contributed by atoms with E-state index in [9.17, 15) is 4.79 Å². The SMILES string of the molecule is Cc1ccc(N(C)c2ccc(N)cc2C(N)=O)c(C)c1. The molecule has 0 unspecified atom stereocenters. The van der Waals surface area contributed by atoms with Crippen LogP contribution < -0.4 is 16.4 Å². The van der Waals surface area contributed by atoms with Crippen LogP contribution in [0.25, 0.3) is 0 Å². The van der Waals surface area contributed by atoms with Crippen molar-refractivity contribution in [1.82, 2.24) is 0 Å². The fourth-order valence-corrected chi connectivity index (χ4v) is 2.35. The number of rotatable bonds is 3. The maximum Gasteiger partial charge on any atom is 0.250 e. The van der Waals surface area contributed by atoms with Gasteiger partial charge in [-0.2, -0.15) is 0 Å². The number of carbonyl (C=O) groups is 1. The second-order valence-corrected chi connectivity index (χ2v) is 4.99. The summed E-state index contributed by atoms with van der Waals surface area (Å²) in [5.41, 5.74) is 16.2. The predicted molar refractivity (Wildman–Crippen MR) is 83.4 cm³/mol. The van der Waals surface area contributed by atoms with Crippen molar-refractivity contribution in [3.05, 3.63) is 53.1 Å². The number of primary amides is 1. The van der Waals surface area contributed by atoms with E-state index in [1.807, 2.05) is 37.1 Å². The van der Waals surface area contributed by atoms with Crippen molar-refractivity contribution in [1.29, 1.82) is 0 Å². The third-order valence-corrected chi connectivity index (χ3v) is 3.36. The quantitative estimate of drug-likeness (QED) is 0.841. The van der Waals surface area contributed by atoms with E-state index in [2.05, 4.69) is 13.0 Å². The topological polar surface area (TPSA) is 72.3 Å². The van der Waals surface area contributed by atoms with Gasteiger partial charge in [0.25, 0.3) is 5.91 Å². The summed E-state index contributed by atoms with van der Waals surface area (Å²) in [5, 5.41) is 0. The molecule has 0 aliphatic rings. The summed E-state index contributed by atoms with van der Waals surface area (Å²) in [7, 11) is 1.91. The van der Waals surface area contributed by atoms with E-state index in [0.717, 1.165) is 16.9 Å². The van der Waals surface area contributed by atoms with Crippen molar-refractivity contribution in [2.45, 2.75) is 13.8 Å². The van der Waals surface area contributed by atoms with Gasteiger partial charge in [-0.05, 0) is 43.7 Å². The summed E-state index contributed by atoms with van der Waals surface area (Å²) in [6.07, 6.45) is 0. The van der Waals surface area contributed by atoms with Gasteiger partial charge in [0, 0.05) is 18.4 Å². The molecule has 4 heteroatoms. The van der Waals surface area contributed by atoms with Gasteiger partial charge in [0.05, 0.1) is 11.3 Å². The van der Waals surface area contributed by atoms with Gasteiger partial charge in [-0.1, -0.05) is 17.7 Å². The summed E-state index contributed by atoms with van der Waals surface area (Å²) in [6.45, 7) is 4.09. The van der Waals surface area contributed by atoms with Crippen molar-refractivity contribution in [3.63, 3.8) is 0 Å². The number of anilines is 3. The first-order valence-corrected chi connectivity index (χ1v) is 6.40. The van der Waals surface area contributed by atoms with Crippen LogP contribution in [0.3, 0.4) is 0 Å². The average molecular weight is 269 g/mol. The zero-order valence-corrected chi connectivity index (χ0v) is 12.0. The highest BCUT2D eigenvalue weighted by Crippen LogP contribution is 2.30. The highest BCUT2D eigenvalue weighted by Gasteiger charge is 2.15. The Kier molecular flexibility index (Phi) is 3.66. The summed E-state index contributed by atoms with van der Waals surface area (Å²) in [6, 6.07) is 11.4. The molecular weight excluding hydrogens is 250 g/mol. The van der Waals surface area contributed by atoms with Crippen LogP contribution in [-0.2, 0) is 0 Å². The molecule has 0 atom stereocenters. The van der Waals surface area contributed by atoms with E-state index in [0.29, 0.717) is 11.3 Å². The summed E-state index contributed by atoms with van der Waals surface area (Å²) >= 11 is 0. The third-order valence-electron chi connectivity index (χ3n) is 3.36. The van der Waals surface area contributed by atoms with Crippen LogP contribution in [0.1, 0.15) is 21.5 Å². The molecule has 0 radical (unpaired) electrons. The minimum atomic E-state index is -0.482. The van der Waals surface area contributed by atoms with Gasteiger partial charge in [0.1, 0.15) is 0 Å². The Balaban J connectivity index is 2.53. The molecule has 0 aromatic heterocycles. The number of aryl methyl sites for hydroxylation is 2. The number of hydrogen-bond acceptors (Lipinski definition) is 3. The number of nitrogens with two attached hydrogens (primary N) is 2. The standard InChI is InChI=1S/C16H19N3O/c1-10-4-6-14(11(2)8-10)19(3)15-7-5-12(17)9-13(15)16(18)20/h4-9H,17H2,1-3H3,(H2,18,20). The Bertz CT molecular complexity index is 665. The Morgan fingerprint density at radius 1 is 1.05 bits per heavy atom. The highest BCUT2D eigenvalue weighted by atomic mass is 16.1. The molecule has 4 nitrogen and oxygen atoms in total. The normalized spacial score (nSPS) is 10.3. The first-order chi connectivity index (χ1) is 9.40. The number of nitrogen functional groups attached to an aromatic ring is 1. The van der Waals surface area contributed by atoms with Crippen molar-refractivity contribution < 1.29 is 4.79 Å². The van der Waals surface area contributed by atoms with Crippen LogP contribution in [0.2, 0.25) is 0 Å². The van der Waals surface area contributed by atoms with Crippen LogP contribution in [-0.4, -0.2) is 13.0 Å². The van der Waals surface area contributed by atoms with E-state index in [4.69, 9.17) is 11.5 Å². The summed E-state index contributed by atoms with van der Waals surface area (Å²) < 4.78 is 0. The molecule has 20 heavy (non-hydrogen) atoms. The maximum atomic E-state index is 11.6. The van der Waals surface area contributed by atoms with Crippen LogP contribution in [0, 0.1) is 13.8 Å². The Labute approximate surface area is 119 Å². The molecule has 0 saturated carbocycles. The number of benzene rings is 2. The molecule has 2 aromatic carbocycles. The molecule has 4 N–H and O–H groups in total. The summed E-state index contributed by atoms with van der Waals surface area (Å²) in [5.74, 6) is -0.482. The maximum absolute atomic E-state index is 11.6. The van der Waals surface area contributed by atoms with Gasteiger partial charge in [-0.15, -0.1) is 0 Å². The molecule has 0 heterocycles. The fourth-order valence-electron chi connectivity index (χ4n) is 2.35. The van der Waals surface area contributed by atoms with E-state index in [1.54, 1.807) is 12.1 Å². The van der Waals surface area contributed by atoms with E-state index in [-0.39, 0.29) is 0 Å². The zero-order chi connectivity index (χ0) is 14.9. The van der Waals surface area contributed by atoms with Crippen LogP contribution in [0.4, 0.5) is 17.1 Å². The lowest BCUT2D eigenvalue weighted by atomic mass is 10.1. The zero-order valence-electron chi connectivity index (χ0n) is 12.0. The Morgan fingerprint density at radius 3 is 2.30 bits per heavy atom. The minimum Gasteiger partial charge on any atom is -0.399 e. The first kappa shape index (κ1) is 13.9. The van der Waals surface area contributed by atoms with Crippen molar-refractivity contribution in [3.8, 4) is 0 Å². The Hall–Kier alpha value is -2.49. The van der Waals surface area contributed by atoms with Gasteiger partial charge in [0.2, 0.25) is 0 Å². The molecule has 0 spiro atoms. The molecule has 0 bridgehead atoms. The van der Waals surface area contributed by atoms with Crippen LogP contribution in [0.5, 0.6) is 0 Å². The molecule has 2 aromatic rings. The van der Waals surface area contributed by atoms with E-state index >= 15 is 0 Å². The number of hydrogen-bond donors (Lipinski definition) is 2. The monoisotopic (exact) mass is 269 g/mol. The summed E-state index contributed by atoms with van der Waals surface area (Å²) in [4.78, 5) is 13.5. The number of carbonyl (C=O) groups excluding carboxylic acids is 1. The molecule has 0 fully saturated rings. The largest absolute Gasteiger partial charge is 0.399 e. The van der Waals surface area contributed by atoms with Crippen LogP contribution >= 0.6 is 0 Å². The fraction of sp³-hybridized carbons (Fsp3) is 0.188. The second-order valence-electron chi connectivity index (χ2n) is 4.99. The smallest absolute Gasteiger partial charge is 0.250 e. The number of nitrogens with zero attached hydrogens (tertiary/aromatic N) is 1. The molecule has 0 aliphatic heterocycles. The van der Waals surface area contributed by atoms with E-state index < -0.39 is 5.91 Å². The van der Waals surface area contributed by atoms with Gasteiger partial charge >= 0.3 is 0 Å². The van der Waals surface area contributed by atoms with Crippen LogP contribution in [0.15, 0.2) is 36.4 Å².